The van der Waals surface area contributed by atoms with Gasteiger partial charge in [-0.1, -0.05) is 53.0 Å². The number of carbonyl (C=O) groups is 5. The van der Waals surface area contributed by atoms with Crippen LogP contribution in [0.15, 0.2) is 22.8 Å². The molecule has 2 N–H and O–H groups in total. The zero-order valence-electron chi connectivity index (χ0n) is 30.0. The number of esters is 5. The van der Waals surface area contributed by atoms with Crippen molar-refractivity contribution in [3.05, 3.63) is 22.8 Å². The van der Waals surface area contributed by atoms with E-state index in [1.807, 2.05) is 0 Å². The Morgan fingerprint density at radius 3 is 2.23 bits per heavy atom. The highest BCUT2D eigenvalue weighted by molar-refractivity contribution is 5.88. The third-order valence-corrected chi connectivity index (χ3v) is 10.6. The maximum atomic E-state index is 13.5. The molecule has 2 fully saturated rings. The summed E-state index contributed by atoms with van der Waals surface area (Å²) in [4.78, 5) is 65.8. The fourth-order valence-electron chi connectivity index (χ4n) is 6.99. The van der Waals surface area contributed by atoms with Crippen molar-refractivity contribution in [1.29, 1.82) is 0 Å². The molecule has 1 aliphatic heterocycles. The van der Waals surface area contributed by atoms with E-state index in [1.165, 1.54) is 13.8 Å². The smallest absolute Gasteiger partial charge is 0.341 e. The Kier molecular flexibility index (Phi) is 12.3. The van der Waals surface area contributed by atoms with Gasteiger partial charge in [-0.3, -0.25) is 14.4 Å². The predicted molar refractivity (Wildman–Crippen MR) is 173 cm³/mol. The molecular weight excluding hydrogens is 624 g/mol. The van der Waals surface area contributed by atoms with E-state index >= 15 is 0 Å². The van der Waals surface area contributed by atoms with Crippen molar-refractivity contribution in [3.8, 4) is 0 Å². The molecular formula is C36H54O12. The summed E-state index contributed by atoms with van der Waals surface area (Å²) < 4.78 is 29.6. The lowest BCUT2D eigenvalue weighted by molar-refractivity contribution is -0.214. The molecule has 12 nitrogen and oxygen atoms in total. The van der Waals surface area contributed by atoms with Gasteiger partial charge in [-0.15, -0.1) is 0 Å². The summed E-state index contributed by atoms with van der Waals surface area (Å²) in [5.41, 5.74) is -6.17. The molecule has 48 heavy (non-hydrogen) atoms. The Labute approximate surface area is 283 Å². The van der Waals surface area contributed by atoms with Crippen molar-refractivity contribution >= 4 is 29.8 Å². The van der Waals surface area contributed by atoms with Gasteiger partial charge < -0.3 is 33.9 Å². The van der Waals surface area contributed by atoms with Gasteiger partial charge in [-0.05, 0) is 64.5 Å². The van der Waals surface area contributed by atoms with Crippen LogP contribution in [0.3, 0.4) is 0 Å². The summed E-state index contributed by atoms with van der Waals surface area (Å²) in [7, 11) is 0. The minimum atomic E-state index is -2.59. The molecule has 2 aliphatic carbocycles. The van der Waals surface area contributed by atoms with E-state index in [1.54, 1.807) is 40.7 Å². The Bertz CT molecular complexity index is 1330. The summed E-state index contributed by atoms with van der Waals surface area (Å²) in [6.07, 6.45) is -0.878. The molecule has 1 heterocycles. The molecule has 0 amide bonds. The van der Waals surface area contributed by atoms with E-state index < -0.39 is 89.3 Å². The molecule has 12 heteroatoms. The Balaban J connectivity index is 2.23. The number of fused-ring (bicyclic) bond motifs is 3. The van der Waals surface area contributed by atoms with Crippen LogP contribution in [0.4, 0.5) is 0 Å². The van der Waals surface area contributed by atoms with Gasteiger partial charge in [0.05, 0.1) is 11.8 Å². The molecule has 0 bridgehead atoms. The molecule has 10 atom stereocenters. The third-order valence-electron chi connectivity index (χ3n) is 10.6. The fraction of sp³-hybridized carbons (Fsp3) is 0.750. The van der Waals surface area contributed by atoms with Gasteiger partial charge in [-0.25, -0.2) is 9.59 Å². The lowest BCUT2D eigenvalue weighted by atomic mass is 9.75. The molecule has 1 saturated heterocycles. The monoisotopic (exact) mass is 678 g/mol. The quantitative estimate of drug-likeness (QED) is 0.0925. The van der Waals surface area contributed by atoms with Crippen LogP contribution in [-0.4, -0.2) is 81.3 Å². The highest BCUT2D eigenvalue weighted by Gasteiger charge is 2.76. The second-order valence-corrected chi connectivity index (χ2v) is 14.2. The number of hydrogen-bond donors (Lipinski definition) is 2. The van der Waals surface area contributed by atoms with Crippen molar-refractivity contribution in [2.75, 3.05) is 0 Å². The second-order valence-electron chi connectivity index (χ2n) is 14.2. The van der Waals surface area contributed by atoms with E-state index in [0.717, 1.165) is 26.2 Å². The van der Waals surface area contributed by atoms with Gasteiger partial charge in [0.2, 0.25) is 0 Å². The molecule has 10 unspecified atom stereocenters. The van der Waals surface area contributed by atoms with Gasteiger partial charge in [0.25, 0.3) is 0 Å². The van der Waals surface area contributed by atoms with E-state index in [4.69, 9.17) is 23.7 Å². The van der Waals surface area contributed by atoms with Crippen LogP contribution in [-0.2, 0) is 47.7 Å². The molecule has 3 aliphatic rings. The van der Waals surface area contributed by atoms with Crippen molar-refractivity contribution < 1.29 is 57.9 Å². The summed E-state index contributed by atoms with van der Waals surface area (Å²) in [6.45, 7) is 16.2. The number of ether oxygens (including phenoxy) is 5. The van der Waals surface area contributed by atoms with Crippen LogP contribution in [0, 0.1) is 17.8 Å². The first-order valence-electron chi connectivity index (χ1n) is 17.1. The molecule has 3 rings (SSSR count). The van der Waals surface area contributed by atoms with E-state index in [-0.39, 0.29) is 23.1 Å². The predicted octanol–water partition coefficient (Wildman–Crippen LogP) is 4.42. The molecule has 270 valence electrons. The van der Waals surface area contributed by atoms with Crippen LogP contribution in [0.2, 0.25) is 0 Å². The van der Waals surface area contributed by atoms with Crippen LogP contribution in [0.1, 0.15) is 114 Å². The largest absolute Gasteiger partial charge is 0.459 e. The third kappa shape index (κ3) is 7.34. The highest BCUT2D eigenvalue weighted by Crippen LogP contribution is 2.57. The standard InChI is InChI=1S/C36H54O12/c1-11-19(4)16-14-15-17-25(38)45-29-27-26(22(7)28(29)46-32(40)21(6)13-3)30-36(43,35(10,42)33(41)47-30)24(44-31(39)20(5)12-2)18-34(27,9)48-23(8)37/h13,19-20,24,27-30,42-43H,11-12,14-18H2,1-10H3. The molecule has 0 aromatic heterocycles. The van der Waals surface area contributed by atoms with Crippen LogP contribution in [0.5, 0.6) is 0 Å². The van der Waals surface area contributed by atoms with E-state index in [2.05, 4.69) is 13.8 Å². The first-order chi connectivity index (χ1) is 22.3. The average molecular weight is 679 g/mol. The van der Waals surface area contributed by atoms with Gasteiger partial charge in [0.15, 0.2) is 29.5 Å². The summed E-state index contributed by atoms with van der Waals surface area (Å²) in [5, 5.41) is 24.0. The SMILES string of the molecule is CC=C(C)C(=O)OC1C(C)=C2C(C1OC(=O)CCCCC(C)CC)C(C)(OC(C)=O)CC(OC(=O)C(C)CC)C1(O)C2OC(=O)C1(C)O. The minimum Gasteiger partial charge on any atom is -0.459 e. The van der Waals surface area contributed by atoms with Crippen LogP contribution < -0.4 is 0 Å². The normalized spacial score (nSPS) is 34.3. The second kappa shape index (κ2) is 15.1. The summed E-state index contributed by atoms with van der Waals surface area (Å²) >= 11 is 0. The number of hydrogen-bond acceptors (Lipinski definition) is 12. The first-order valence-corrected chi connectivity index (χ1v) is 17.1. The maximum Gasteiger partial charge on any atom is 0.341 e. The fourth-order valence-corrected chi connectivity index (χ4v) is 6.99. The molecule has 0 spiro atoms. The Hall–Kier alpha value is -3.25. The molecule has 0 radical (unpaired) electrons. The van der Waals surface area contributed by atoms with Gasteiger partial charge in [-0.2, -0.15) is 0 Å². The van der Waals surface area contributed by atoms with Crippen molar-refractivity contribution in [2.45, 2.75) is 155 Å². The zero-order chi connectivity index (χ0) is 36.4. The molecule has 0 aromatic rings. The molecule has 0 aromatic carbocycles. The van der Waals surface area contributed by atoms with Crippen molar-refractivity contribution in [3.63, 3.8) is 0 Å². The number of carbonyl (C=O) groups excluding carboxylic acids is 5. The number of rotatable bonds is 13. The zero-order valence-corrected chi connectivity index (χ0v) is 30.0. The lowest BCUT2D eigenvalue weighted by Gasteiger charge is -2.42. The Morgan fingerprint density at radius 2 is 1.67 bits per heavy atom. The summed E-state index contributed by atoms with van der Waals surface area (Å²) in [6, 6.07) is 0. The lowest BCUT2D eigenvalue weighted by Crippen LogP contribution is -2.64. The van der Waals surface area contributed by atoms with Crippen LogP contribution >= 0.6 is 0 Å². The van der Waals surface area contributed by atoms with Crippen LogP contribution in [0.25, 0.3) is 0 Å². The minimum absolute atomic E-state index is 0.0685. The van der Waals surface area contributed by atoms with Crippen molar-refractivity contribution in [1.82, 2.24) is 0 Å². The van der Waals surface area contributed by atoms with E-state index in [0.29, 0.717) is 18.8 Å². The number of aliphatic hydroxyl groups is 2. The summed E-state index contributed by atoms with van der Waals surface area (Å²) in [5.74, 6) is -5.14. The first kappa shape index (κ1) is 39.2. The highest BCUT2D eigenvalue weighted by atomic mass is 16.6. The van der Waals surface area contributed by atoms with E-state index in [9.17, 15) is 34.2 Å². The topological polar surface area (TPSA) is 172 Å². The Morgan fingerprint density at radius 1 is 1.02 bits per heavy atom. The van der Waals surface area contributed by atoms with Crippen molar-refractivity contribution in [2.24, 2.45) is 17.8 Å². The number of unbranched alkanes of at least 4 members (excludes halogenated alkanes) is 1. The van der Waals surface area contributed by atoms with Gasteiger partial charge >= 0.3 is 29.8 Å². The number of allylic oxidation sites excluding steroid dienone is 1. The average Bonchev–Trinajstić information content (AvgIpc) is 3.35. The maximum absolute atomic E-state index is 13.5. The molecule has 1 saturated carbocycles. The van der Waals surface area contributed by atoms with Gasteiger partial charge in [0.1, 0.15) is 11.7 Å². The van der Waals surface area contributed by atoms with Gasteiger partial charge in [0, 0.05) is 25.3 Å².